The van der Waals surface area contributed by atoms with Gasteiger partial charge in [-0.15, -0.1) is 0 Å². The van der Waals surface area contributed by atoms with Gasteiger partial charge in [-0.05, 0) is 67.0 Å². The van der Waals surface area contributed by atoms with Crippen molar-refractivity contribution in [1.29, 1.82) is 0 Å². The fourth-order valence-corrected chi connectivity index (χ4v) is 3.51. The van der Waals surface area contributed by atoms with Gasteiger partial charge in [-0.1, -0.05) is 56.6 Å². The van der Waals surface area contributed by atoms with Gasteiger partial charge in [0, 0.05) is 22.0 Å². The first-order chi connectivity index (χ1) is 15.6. The van der Waals surface area contributed by atoms with E-state index >= 15 is 0 Å². The van der Waals surface area contributed by atoms with E-state index in [1.54, 1.807) is 0 Å². The molecule has 1 amide bonds. The zero-order valence-corrected chi connectivity index (χ0v) is 20.4. The first kappa shape index (κ1) is 24.5. The summed E-state index contributed by atoms with van der Waals surface area (Å²) < 4.78 is 5.24. The lowest BCUT2D eigenvalue weighted by molar-refractivity contribution is 0.118. The number of hydrogen-bond donors (Lipinski definition) is 2. The van der Waals surface area contributed by atoms with Gasteiger partial charge in [0.25, 0.3) is 0 Å². The Kier molecular flexibility index (Phi) is 7.92. The normalized spacial score (nSPS) is 11.3. The lowest BCUT2D eigenvalue weighted by Crippen LogP contribution is -2.21. The van der Waals surface area contributed by atoms with Crippen LogP contribution in [0.15, 0.2) is 48.5 Å². The number of nitrogen functional groups attached to an aromatic ring is 1. The maximum absolute atomic E-state index is 11.9. The molecule has 0 radical (unpaired) electrons. The van der Waals surface area contributed by atoms with E-state index in [4.69, 9.17) is 22.1 Å². The maximum Gasteiger partial charge on any atom is 0.411 e. The number of carbonyl (C=O) groups is 1. The summed E-state index contributed by atoms with van der Waals surface area (Å²) in [5, 5.41) is 3.46. The van der Waals surface area contributed by atoms with Crippen LogP contribution in [0.1, 0.15) is 44.0 Å². The van der Waals surface area contributed by atoms with Crippen molar-refractivity contribution in [2.24, 2.45) is 5.41 Å². The second-order valence-corrected chi connectivity index (χ2v) is 9.73. The highest BCUT2D eigenvalue weighted by molar-refractivity contribution is 6.31. The number of halogens is 1. The van der Waals surface area contributed by atoms with Crippen molar-refractivity contribution in [3.05, 3.63) is 70.4 Å². The van der Waals surface area contributed by atoms with Gasteiger partial charge in [0.05, 0.1) is 12.3 Å². The minimum Gasteiger partial charge on any atom is -0.449 e. The van der Waals surface area contributed by atoms with Crippen LogP contribution in [0.2, 0.25) is 5.02 Å². The number of amides is 1. The van der Waals surface area contributed by atoms with E-state index in [1.807, 2.05) is 76.2 Å². The number of nitrogens with two attached hydrogens (primary N) is 1. The minimum absolute atomic E-state index is 0.0662. The summed E-state index contributed by atoms with van der Waals surface area (Å²) in [6.07, 6.45) is 2.12. The number of anilines is 2. The van der Waals surface area contributed by atoms with E-state index in [9.17, 15) is 4.79 Å². The molecule has 6 nitrogen and oxygen atoms in total. The van der Waals surface area contributed by atoms with Gasteiger partial charge in [-0.25, -0.2) is 14.8 Å². The van der Waals surface area contributed by atoms with Gasteiger partial charge in [-0.2, -0.15) is 0 Å². The largest absolute Gasteiger partial charge is 0.449 e. The van der Waals surface area contributed by atoms with Gasteiger partial charge in [-0.3, -0.25) is 5.32 Å². The number of ether oxygens (including phenoxy) is 1. The Labute approximate surface area is 200 Å². The summed E-state index contributed by atoms with van der Waals surface area (Å²) in [5.41, 5.74) is 11.4. The Morgan fingerprint density at radius 3 is 2.52 bits per heavy atom. The van der Waals surface area contributed by atoms with Crippen molar-refractivity contribution in [2.75, 3.05) is 17.7 Å². The van der Waals surface area contributed by atoms with Crippen LogP contribution in [0.4, 0.5) is 16.4 Å². The predicted molar refractivity (Wildman–Crippen MR) is 135 cm³/mol. The highest BCUT2D eigenvalue weighted by atomic mass is 35.5. The van der Waals surface area contributed by atoms with Crippen molar-refractivity contribution in [1.82, 2.24) is 9.97 Å². The second-order valence-electron chi connectivity index (χ2n) is 9.33. The fraction of sp³-hybridized carbons (Fsp3) is 0.346. The monoisotopic (exact) mass is 466 g/mol. The van der Waals surface area contributed by atoms with Gasteiger partial charge >= 0.3 is 6.09 Å². The zero-order valence-electron chi connectivity index (χ0n) is 19.6. The molecule has 0 unspecified atom stereocenters. The van der Waals surface area contributed by atoms with Gasteiger partial charge in [0.15, 0.2) is 0 Å². The van der Waals surface area contributed by atoms with Gasteiger partial charge < -0.3 is 10.5 Å². The van der Waals surface area contributed by atoms with Crippen LogP contribution in [-0.2, 0) is 17.6 Å². The predicted octanol–water partition coefficient (Wildman–Crippen LogP) is 6.46. The molecule has 0 spiro atoms. The molecule has 1 aromatic heterocycles. The lowest BCUT2D eigenvalue weighted by Gasteiger charge is -2.18. The Morgan fingerprint density at radius 2 is 1.82 bits per heavy atom. The number of nitrogens with zero attached hydrogens (tertiary/aromatic N) is 2. The number of hydrogen-bond acceptors (Lipinski definition) is 5. The fourth-order valence-electron chi connectivity index (χ4n) is 3.33. The van der Waals surface area contributed by atoms with Gasteiger partial charge in [0.2, 0.25) is 5.95 Å². The molecule has 3 N–H and O–H groups in total. The molecular formula is C26H31ClN4O2. The average Bonchev–Trinajstić information content (AvgIpc) is 2.75. The van der Waals surface area contributed by atoms with Crippen molar-refractivity contribution < 1.29 is 9.53 Å². The summed E-state index contributed by atoms with van der Waals surface area (Å²) in [6, 6.07) is 15.5. The summed E-state index contributed by atoms with van der Waals surface area (Å²) in [6.45, 7) is 8.39. The van der Waals surface area contributed by atoms with Gasteiger partial charge in [0.1, 0.15) is 0 Å². The third-order valence-electron chi connectivity index (χ3n) is 5.08. The Bertz CT molecular complexity index is 1110. The third kappa shape index (κ3) is 7.46. The van der Waals surface area contributed by atoms with Crippen LogP contribution in [0.25, 0.3) is 11.3 Å². The number of rotatable bonds is 7. The molecule has 1 heterocycles. The molecule has 0 saturated heterocycles. The third-order valence-corrected chi connectivity index (χ3v) is 5.48. The number of aromatic nitrogens is 2. The summed E-state index contributed by atoms with van der Waals surface area (Å²) in [7, 11) is 0. The molecule has 3 rings (SSSR count). The Balaban J connectivity index is 1.56. The van der Waals surface area contributed by atoms with Crippen LogP contribution >= 0.6 is 11.6 Å². The van der Waals surface area contributed by atoms with Crippen molar-refractivity contribution in [3.63, 3.8) is 0 Å². The number of nitrogens with one attached hydrogen (secondary N) is 1. The summed E-state index contributed by atoms with van der Waals surface area (Å²) in [4.78, 5) is 20.7. The molecule has 0 bridgehead atoms. The highest BCUT2D eigenvalue weighted by Crippen LogP contribution is 2.28. The van der Waals surface area contributed by atoms with E-state index in [2.05, 4.69) is 15.3 Å². The summed E-state index contributed by atoms with van der Waals surface area (Å²) >= 11 is 6.26. The molecule has 33 heavy (non-hydrogen) atoms. The molecule has 7 heteroatoms. The van der Waals surface area contributed by atoms with Crippen LogP contribution in [0.5, 0.6) is 0 Å². The molecule has 0 aliphatic rings. The molecule has 0 fully saturated rings. The number of benzene rings is 2. The molecule has 2 aromatic carbocycles. The van der Waals surface area contributed by atoms with E-state index in [1.165, 1.54) is 5.56 Å². The molecular weight excluding hydrogens is 436 g/mol. The molecule has 174 valence electrons. The lowest BCUT2D eigenvalue weighted by atomic mass is 9.99. The Hall–Kier alpha value is -3.12. The smallest absolute Gasteiger partial charge is 0.411 e. The van der Waals surface area contributed by atoms with Crippen molar-refractivity contribution in [2.45, 2.75) is 47.0 Å². The quantitative estimate of drug-likeness (QED) is 0.417. The second kappa shape index (κ2) is 10.7. The van der Waals surface area contributed by atoms with E-state index in [0.717, 1.165) is 41.8 Å². The van der Waals surface area contributed by atoms with Crippen LogP contribution in [0.3, 0.4) is 0 Å². The van der Waals surface area contributed by atoms with Crippen LogP contribution in [0, 0.1) is 12.3 Å². The SMILES string of the molecule is Cc1c(Cl)cccc1-c1cc(CCCc2ccc(NC(=O)OCC(C)(C)C)cc2)nc(N)n1. The number of aryl methyl sites for hydroxylation is 2. The number of carbonyl (C=O) groups excluding carboxylic acids is 1. The van der Waals surface area contributed by atoms with Crippen molar-refractivity contribution in [3.8, 4) is 11.3 Å². The minimum atomic E-state index is -0.440. The molecule has 3 aromatic rings. The molecule has 0 aliphatic carbocycles. The van der Waals surface area contributed by atoms with Crippen molar-refractivity contribution >= 4 is 29.3 Å². The summed E-state index contributed by atoms with van der Waals surface area (Å²) in [5.74, 6) is 0.260. The highest BCUT2D eigenvalue weighted by Gasteiger charge is 2.14. The standard InChI is InChI=1S/C26H31ClN4O2/c1-17-21(9-6-10-22(17)27)23-15-20(29-24(28)31-23)8-5-7-18-11-13-19(14-12-18)30-25(32)33-16-26(2,3)4/h6,9-15H,5,7-8,16H2,1-4H3,(H,30,32)(H2,28,29,31). The Morgan fingerprint density at radius 1 is 1.09 bits per heavy atom. The maximum atomic E-state index is 11.9. The molecule has 0 saturated carbocycles. The molecule has 0 aliphatic heterocycles. The topological polar surface area (TPSA) is 90.1 Å². The van der Waals surface area contributed by atoms with E-state index in [0.29, 0.717) is 17.3 Å². The van der Waals surface area contributed by atoms with Crippen LogP contribution < -0.4 is 11.1 Å². The van der Waals surface area contributed by atoms with E-state index < -0.39 is 6.09 Å². The first-order valence-electron chi connectivity index (χ1n) is 11.0. The zero-order chi connectivity index (χ0) is 24.0. The first-order valence-corrected chi connectivity index (χ1v) is 11.4. The van der Waals surface area contributed by atoms with Crippen LogP contribution in [-0.4, -0.2) is 22.7 Å². The molecule has 0 atom stereocenters. The van der Waals surface area contributed by atoms with E-state index in [-0.39, 0.29) is 11.4 Å². The average molecular weight is 467 g/mol.